The molecule has 4 heteroatoms. The molecule has 1 aliphatic heterocycles. The number of hydrogen-bond donors (Lipinski definition) is 1. The number of unbranched alkanes of at least 4 members (excludes halogenated alkanes) is 1. The average molecular weight is 526 g/mol. The molecule has 0 spiro atoms. The normalized spacial score (nSPS) is 42.1. The molecule has 3 fully saturated rings. The molecule has 1 heterocycles. The van der Waals surface area contributed by atoms with Gasteiger partial charge in [-0.25, -0.2) is 0 Å². The minimum Gasteiger partial charge on any atom is -0.461 e. The summed E-state index contributed by atoms with van der Waals surface area (Å²) >= 11 is 0. The SMILES string of the molecule is CC(C)=CCCCC1CCC2(C)C3=C(CCC12C)C1(C)CCC(OC(=O)C2COCCN2)C(C)(C)C1CC3. The van der Waals surface area contributed by atoms with Crippen molar-refractivity contribution in [1.29, 1.82) is 0 Å². The number of allylic oxidation sites excluding steroid dienone is 4. The van der Waals surface area contributed by atoms with Gasteiger partial charge in [-0.05, 0) is 113 Å². The van der Waals surface area contributed by atoms with Crippen LogP contribution in [0.15, 0.2) is 22.8 Å². The Labute approximate surface area is 232 Å². The highest BCUT2D eigenvalue weighted by atomic mass is 16.6. The smallest absolute Gasteiger partial charge is 0.325 e. The predicted molar refractivity (Wildman–Crippen MR) is 155 cm³/mol. The second kappa shape index (κ2) is 10.4. The van der Waals surface area contributed by atoms with E-state index in [4.69, 9.17) is 9.47 Å². The third-order valence-electron chi connectivity index (χ3n) is 12.6. The summed E-state index contributed by atoms with van der Waals surface area (Å²) in [7, 11) is 0. The van der Waals surface area contributed by atoms with Crippen molar-refractivity contribution in [3.05, 3.63) is 22.8 Å². The van der Waals surface area contributed by atoms with Gasteiger partial charge in [0, 0.05) is 12.0 Å². The Kier molecular flexibility index (Phi) is 7.75. The van der Waals surface area contributed by atoms with Crippen molar-refractivity contribution in [2.45, 2.75) is 131 Å². The van der Waals surface area contributed by atoms with Crippen LogP contribution in [0.4, 0.5) is 0 Å². The van der Waals surface area contributed by atoms with Crippen LogP contribution in [0.3, 0.4) is 0 Å². The summed E-state index contributed by atoms with van der Waals surface area (Å²) in [6.07, 6.45) is 16.4. The highest BCUT2D eigenvalue weighted by molar-refractivity contribution is 5.76. The van der Waals surface area contributed by atoms with Gasteiger partial charge in [0.25, 0.3) is 0 Å². The highest BCUT2D eigenvalue weighted by Gasteiger charge is 2.63. The number of rotatable bonds is 6. The van der Waals surface area contributed by atoms with E-state index >= 15 is 0 Å². The lowest BCUT2D eigenvalue weighted by molar-refractivity contribution is -0.174. The number of fused-ring (bicyclic) bond motifs is 4. The van der Waals surface area contributed by atoms with Crippen LogP contribution in [-0.4, -0.2) is 37.9 Å². The Morgan fingerprint density at radius 1 is 1.03 bits per heavy atom. The van der Waals surface area contributed by atoms with E-state index in [0.717, 1.165) is 25.3 Å². The molecule has 5 rings (SSSR count). The minimum atomic E-state index is -0.318. The van der Waals surface area contributed by atoms with Gasteiger partial charge in [-0.3, -0.25) is 4.79 Å². The second-order valence-electron chi connectivity index (χ2n) is 15.0. The molecule has 0 amide bonds. The van der Waals surface area contributed by atoms with Crippen LogP contribution in [0.1, 0.15) is 119 Å². The summed E-state index contributed by atoms with van der Waals surface area (Å²) in [4.78, 5) is 13.0. The standard InChI is InChI=1S/C34H55NO3/c1-23(2)10-8-9-11-24-14-18-34(7)26-12-13-28-31(3,4)29(38-30(36)27-22-37-21-20-35-27)16-17-32(28,5)25(26)15-19-33(24,34)6/h10,24,27-29,35H,8-9,11-22H2,1-7H3. The molecule has 0 aromatic carbocycles. The monoisotopic (exact) mass is 525 g/mol. The van der Waals surface area contributed by atoms with E-state index in [0.29, 0.717) is 30.0 Å². The maximum Gasteiger partial charge on any atom is 0.325 e. The molecule has 0 bridgehead atoms. The second-order valence-corrected chi connectivity index (χ2v) is 15.0. The van der Waals surface area contributed by atoms with E-state index in [-0.39, 0.29) is 28.9 Å². The van der Waals surface area contributed by atoms with Gasteiger partial charge < -0.3 is 14.8 Å². The lowest BCUT2D eigenvalue weighted by Crippen LogP contribution is -2.57. The van der Waals surface area contributed by atoms with Crippen molar-refractivity contribution in [1.82, 2.24) is 5.32 Å². The van der Waals surface area contributed by atoms with Gasteiger partial charge in [-0.1, -0.05) is 57.4 Å². The fourth-order valence-electron chi connectivity index (χ4n) is 10.1. The van der Waals surface area contributed by atoms with E-state index < -0.39 is 0 Å². The van der Waals surface area contributed by atoms with Crippen molar-refractivity contribution < 1.29 is 14.3 Å². The number of morpholine rings is 1. The van der Waals surface area contributed by atoms with E-state index in [2.05, 4.69) is 59.9 Å². The summed E-state index contributed by atoms with van der Waals surface area (Å²) in [6.45, 7) is 18.9. The first-order valence-electron chi connectivity index (χ1n) is 15.8. The molecule has 7 atom stereocenters. The van der Waals surface area contributed by atoms with Crippen LogP contribution in [0.5, 0.6) is 0 Å². The van der Waals surface area contributed by atoms with Gasteiger partial charge in [0.2, 0.25) is 0 Å². The molecular weight excluding hydrogens is 470 g/mol. The lowest BCUT2D eigenvalue weighted by atomic mass is 9.43. The number of nitrogens with one attached hydrogen (secondary N) is 1. The highest BCUT2D eigenvalue weighted by Crippen LogP contribution is 2.72. The summed E-state index contributed by atoms with van der Waals surface area (Å²) in [5.41, 5.74) is 6.13. The average Bonchev–Trinajstić information content (AvgIpc) is 3.14. The minimum absolute atomic E-state index is 0.0138. The number of hydrogen-bond acceptors (Lipinski definition) is 4. The number of carbonyl (C=O) groups is 1. The Bertz CT molecular complexity index is 970. The molecule has 7 unspecified atom stereocenters. The zero-order chi connectivity index (χ0) is 27.3. The van der Waals surface area contributed by atoms with E-state index in [1.165, 1.54) is 63.4 Å². The summed E-state index contributed by atoms with van der Waals surface area (Å²) in [5, 5.41) is 3.28. The van der Waals surface area contributed by atoms with Crippen LogP contribution >= 0.6 is 0 Å². The summed E-state index contributed by atoms with van der Waals surface area (Å²) < 4.78 is 11.8. The molecule has 2 saturated carbocycles. The maximum absolute atomic E-state index is 13.0. The molecule has 38 heavy (non-hydrogen) atoms. The van der Waals surface area contributed by atoms with Gasteiger partial charge in [-0.15, -0.1) is 0 Å². The predicted octanol–water partition coefficient (Wildman–Crippen LogP) is 7.77. The van der Waals surface area contributed by atoms with Crippen LogP contribution < -0.4 is 5.32 Å². The van der Waals surface area contributed by atoms with Gasteiger partial charge >= 0.3 is 5.97 Å². The summed E-state index contributed by atoms with van der Waals surface area (Å²) in [5.74, 6) is 1.30. The first-order chi connectivity index (χ1) is 17.9. The van der Waals surface area contributed by atoms with Crippen molar-refractivity contribution in [2.75, 3.05) is 19.8 Å². The molecule has 0 radical (unpaired) electrons. The number of carbonyl (C=O) groups excluding carboxylic acids is 1. The van der Waals surface area contributed by atoms with Crippen molar-refractivity contribution in [3.63, 3.8) is 0 Å². The largest absolute Gasteiger partial charge is 0.461 e. The maximum atomic E-state index is 13.0. The van der Waals surface area contributed by atoms with Gasteiger partial charge in [0.15, 0.2) is 0 Å². The van der Waals surface area contributed by atoms with E-state index in [9.17, 15) is 4.79 Å². The molecule has 4 aliphatic carbocycles. The molecule has 4 nitrogen and oxygen atoms in total. The van der Waals surface area contributed by atoms with Crippen LogP contribution in [0.2, 0.25) is 0 Å². The quantitative estimate of drug-likeness (QED) is 0.219. The number of esters is 1. The molecule has 5 aliphatic rings. The van der Waals surface area contributed by atoms with Crippen LogP contribution in [0.25, 0.3) is 0 Å². The molecule has 0 aromatic heterocycles. The zero-order valence-corrected chi connectivity index (χ0v) is 25.5. The first-order valence-corrected chi connectivity index (χ1v) is 15.8. The fourth-order valence-corrected chi connectivity index (χ4v) is 10.1. The Morgan fingerprint density at radius 3 is 2.53 bits per heavy atom. The molecule has 0 aromatic rings. The van der Waals surface area contributed by atoms with Crippen LogP contribution in [0, 0.1) is 33.5 Å². The lowest BCUT2D eigenvalue weighted by Gasteiger charge is -2.62. The third kappa shape index (κ3) is 4.54. The Hall–Kier alpha value is -1.13. The van der Waals surface area contributed by atoms with Gasteiger partial charge in [-0.2, -0.15) is 0 Å². The third-order valence-corrected chi connectivity index (χ3v) is 12.6. The Morgan fingerprint density at radius 2 is 1.82 bits per heavy atom. The topological polar surface area (TPSA) is 47.6 Å². The first kappa shape index (κ1) is 28.4. The van der Waals surface area contributed by atoms with Crippen molar-refractivity contribution in [3.8, 4) is 0 Å². The van der Waals surface area contributed by atoms with E-state index in [1.807, 2.05) is 11.1 Å². The molecular formula is C34H55NO3. The van der Waals surface area contributed by atoms with E-state index in [1.54, 1.807) is 0 Å². The number of ether oxygens (including phenoxy) is 2. The molecule has 1 N–H and O–H groups in total. The van der Waals surface area contributed by atoms with Crippen molar-refractivity contribution in [2.24, 2.45) is 33.5 Å². The van der Waals surface area contributed by atoms with Crippen LogP contribution in [-0.2, 0) is 14.3 Å². The zero-order valence-electron chi connectivity index (χ0n) is 25.5. The molecule has 1 saturated heterocycles. The summed E-state index contributed by atoms with van der Waals surface area (Å²) in [6, 6.07) is -0.318. The fraction of sp³-hybridized carbons (Fsp3) is 0.853. The molecule has 214 valence electrons. The van der Waals surface area contributed by atoms with Gasteiger partial charge in [0.1, 0.15) is 12.1 Å². The Balaban J connectivity index is 1.34. The van der Waals surface area contributed by atoms with Gasteiger partial charge in [0.05, 0.1) is 13.2 Å². The van der Waals surface area contributed by atoms with Crippen molar-refractivity contribution >= 4 is 5.97 Å².